The number of aryl methyl sites for hydroxylation is 2. The van der Waals surface area contributed by atoms with Crippen LogP contribution in [0.4, 0.5) is 0 Å². The van der Waals surface area contributed by atoms with E-state index in [-0.39, 0.29) is 17.4 Å². The van der Waals surface area contributed by atoms with Crippen molar-refractivity contribution < 1.29 is 10.2 Å². The summed E-state index contributed by atoms with van der Waals surface area (Å²) in [5.41, 5.74) is 6.14. The Morgan fingerprint density at radius 3 is 2.64 bits per heavy atom. The summed E-state index contributed by atoms with van der Waals surface area (Å²) in [5, 5.41) is 30.8. The third kappa shape index (κ3) is 4.20. The summed E-state index contributed by atoms with van der Waals surface area (Å²) in [6.45, 7) is 4.02. The van der Waals surface area contributed by atoms with Crippen LogP contribution in [-0.4, -0.2) is 30.0 Å². The van der Waals surface area contributed by atoms with Crippen molar-refractivity contribution in [3.8, 4) is 28.6 Å². The first kappa shape index (κ1) is 21.5. The Kier molecular flexibility index (Phi) is 5.81. The summed E-state index contributed by atoms with van der Waals surface area (Å²) in [7, 11) is 0. The number of phenolic OH excluding ortho intramolecular Hbond substituents is 2. The van der Waals surface area contributed by atoms with Crippen molar-refractivity contribution in [2.75, 3.05) is 0 Å². The zero-order chi connectivity index (χ0) is 22.9. The molecule has 2 heterocycles. The molecule has 6 nitrogen and oxygen atoms in total. The second-order valence-corrected chi connectivity index (χ2v) is 9.62. The third-order valence-corrected chi connectivity index (χ3v) is 7.07. The standard InChI is InChI=1S/C26H26N4O2S/c1-16(2)21-12-22(24(32)13-23(21)31)25-28-29-26(33-15-17-5-4-10-27-14-17)30(25)20-9-8-18-6-3-7-19(18)11-20/h4-5,8-14,16,31-32H,3,6-7,15H2,1-2H3. The van der Waals surface area contributed by atoms with Gasteiger partial charge in [-0.05, 0) is 71.7 Å². The lowest BCUT2D eigenvalue weighted by Crippen LogP contribution is -2.02. The van der Waals surface area contributed by atoms with Gasteiger partial charge >= 0.3 is 0 Å². The Labute approximate surface area is 197 Å². The molecular formula is C26H26N4O2S. The molecule has 1 aliphatic rings. The maximum Gasteiger partial charge on any atom is 0.196 e. The van der Waals surface area contributed by atoms with E-state index in [4.69, 9.17) is 0 Å². The number of rotatable bonds is 6. The van der Waals surface area contributed by atoms with Crippen molar-refractivity contribution >= 4 is 11.8 Å². The normalized spacial score (nSPS) is 12.9. The summed E-state index contributed by atoms with van der Waals surface area (Å²) < 4.78 is 2.01. The number of phenols is 2. The summed E-state index contributed by atoms with van der Waals surface area (Å²) in [5.74, 6) is 1.42. The minimum Gasteiger partial charge on any atom is -0.508 e. The first-order valence-corrected chi connectivity index (χ1v) is 12.2. The first-order valence-electron chi connectivity index (χ1n) is 11.2. The molecule has 0 fully saturated rings. The lowest BCUT2D eigenvalue weighted by molar-refractivity contribution is 0.444. The minimum atomic E-state index is -0.0180. The number of benzene rings is 2. The van der Waals surface area contributed by atoms with Crippen LogP contribution in [0.25, 0.3) is 17.1 Å². The highest BCUT2D eigenvalue weighted by Crippen LogP contribution is 2.39. The van der Waals surface area contributed by atoms with E-state index in [0.717, 1.165) is 34.8 Å². The van der Waals surface area contributed by atoms with Crippen LogP contribution in [-0.2, 0) is 18.6 Å². The largest absolute Gasteiger partial charge is 0.508 e. The number of fused-ring (bicyclic) bond motifs is 1. The molecule has 168 valence electrons. The van der Waals surface area contributed by atoms with E-state index < -0.39 is 0 Å². The Morgan fingerprint density at radius 1 is 1.00 bits per heavy atom. The van der Waals surface area contributed by atoms with E-state index in [0.29, 0.717) is 17.1 Å². The Bertz CT molecular complexity index is 1300. The van der Waals surface area contributed by atoms with Gasteiger partial charge in [0.2, 0.25) is 0 Å². The van der Waals surface area contributed by atoms with Gasteiger partial charge in [0, 0.05) is 24.2 Å². The molecule has 0 aliphatic heterocycles. The SMILES string of the molecule is CC(C)c1cc(-c2nnc(SCc3cccnc3)n2-c2ccc3c(c2)CCC3)c(O)cc1O. The average Bonchev–Trinajstić information content (AvgIpc) is 3.44. The zero-order valence-electron chi connectivity index (χ0n) is 18.7. The van der Waals surface area contributed by atoms with E-state index in [1.807, 2.05) is 42.8 Å². The highest BCUT2D eigenvalue weighted by Gasteiger charge is 2.22. The number of hydrogen-bond donors (Lipinski definition) is 2. The van der Waals surface area contributed by atoms with Crippen LogP contribution in [0, 0.1) is 0 Å². The summed E-state index contributed by atoms with van der Waals surface area (Å²) in [6.07, 6.45) is 6.97. The monoisotopic (exact) mass is 458 g/mol. The van der Waals surface area contributed by atoms with Gasteiger partial charge in [-0.25, -0.2) is 0 Å². The van der Waals surface area contributed by atoms with Crippen LogP contribution in [0.3, 0.4) is 0 Å². The molecule has 2 N–H and O–H groups in total. The van der Waals surface area contributed by atoms with Crippen LogP contribution in [0.1, 0.15) is 48.4 Å². The number of nitrogens with zero attached hydrogens (tertiary/aromatic N) is 4. The van der Waals surface area contributed by atoms with Crippen molar-refractivity contribution in [2.45, 2.75) is 49.9 Å². The molecule has 2 aromatic carbocycles. The number of thioether (sulfide) groups is 1. The van der Waals surface area contributed by atoms with E-state index in [2.05, 4.69) is 33.4 Å². The predicted octanol–water partition coefficient (Wildman–Crippen LogP) is 5.64. The molecule has 0 atom stereocenters. The second kappa shape index (κ2) is 8.90. The zero-order valence-corrected chi connectivity index (χ0v) is 19.5. The van der Waals surface area contributed by atoms with Gasteiger partial charge in [-0.2, -0.15) is 0 Å². The number of aromatic nitrogens is 4. The van der Waals surface area contributed by atoms with E-state index in [1.165, 1.54) is 23.6 Å². The van der Waals surface area contributed by atoms with Gasteiger partial charge in [-0.1, -0.05) is 37.7 Å². The highest BCUT2D eigenvalue weighted by molar-refractivity contribution is 7.98. The molecule has 7 heteroatoms. The Hall–Kier alpha value is -3.32. The molecule has 0 saturated heterocycles. The second-order valence-electron chi connectivity index (χ2n) is 8.68. The molecule has 0 saturated carbocycles. The third-order valence-electron chi connectivity index (χ3n) is 6.07. The topological polar surface area (TPSA) is 84.1 Å². The highest BCUT2D eigenvalue weighted by atomic mass is 32.2. The van der Waals surface area contributed by atoms with Crippen LogP contribution < -0.4 is 0 Å². The van der Waals surface area contributed by atoms with Gasteiger partial charge < -0.3 is 10.2 Å². The fraction of sp³-hybridized carbons (Fsp3) is 0.269. The molecule has 0 unspecified atom stereocenters. The quantitative estimate of drug-likeness (QED) is 0.364. The van der Waals surface area contributed by atoms with Crippen LogP contribution in [0.2, 0.25) is 0 Å². The molecule has 5 rings (SSSR count). The van der Waals surface area contributed by atoms with Gasteiger partial charge in [0.25, 0.3) is 0 Å². The smallest absolute Gasteiger partial charge is 0.196 e. The number of hydrogen-bond acceptors (Lipinski definition) is 6. The van der Waals surface area contributed by atoms with Crippen molar-refractivity contribution in [3.05, 3.63) is 77.1 Å². The van der Waals surface area contributed by atoms with Crippen LogP contribution in [0.15, 0.2) is 60.0 Å². The van der Waals surface area contributed by atoms with Gasteiger partial charge in [0.05, 0.1) is 11.3 Å². The maximum atomic E-state index is 10.7. The molecular weight excluding hydrogens is 432 g/mol. The molecule has 4 aromatic rings. The number of aromatic hydroxyl groups is 2. The molecule has 0 radical (unpaired) electrons. The summed E-state index contributed by atoms with van der Waals surface area (Å²) >= 11 is 1.58. The molecule has 0 amide bonds. The number of pyridine rings is 1. The van der Waals surface area contributed by atoms with Crippen LogP contribution >= 0.6 is 11.8 Å². The lowest BCUT2D eigenvalue weighted by atomic mass is 9.98. The van der Waals surface area contributed by atoms with Crippen molar-refractivity contribution in [1.82, 2.24) is 19.7 Å². The van der Waals surface area contributed by atoms with Crippen molar-refractivity contribution in [3.63, 3.8) is 0 Å². The molecule has 0 bridgehead atoms. The first-order chi connectivity index (χ1) is 16.0. The Morgan fingerprint density at radius 2 is 1.85 bits per heavy atom. The summed E-state index contributed by atoms with van der Waals surface area (Å²) in [4.78, 5) is 4.20. The van der Waals surface area contributed by atoms with Crippen molar-refractivity contribution in [1.29, 1.82) is 0 Å². The van der Waals surface area contributed by atoms with Gasteiger partial charge in [0.15, 0.2) is 11.0 Å². The van der Waals surface area contributed by atoms with E-state index in [9.17, 15) is 10.2 Å². The maximum absolute atomic E-state index is 10.7. The molecule has 1 aliphatic carbocycles. The van der Waals surface area contributed by atoms with Gasteiger partial charge in [0.1, 0.15) is 11.5 Å². The van der Waals surface area contributed by atoms with Gasteiger partial charge in [-0.15, -0.1) is 10.2 Å². The molecule has 0 spiro atoms. The lowest BCUT2D eigenvalue weighted by Gasteiger charge is -2.15. The van der Waals surface area contributed by atoms with E-state index >= 15 is 0 Å². The average molecular weight is 459 g/mol. The Balaban J connectivity index is 1.63. The van der Waals surface area contributed by atoms with E-state index in [1.54, 1.807) is 18.0 Å². The minimum absolute atomic E-state index is 0.0180. The van der Waals surface area contributed by atoms with Crippen molar-refractivity contribution in [2.24, 2.45) is 0 Å². The fourth-order valence-electron chi connectivity index (χ4n) is 4.33. The summed E-state index contributed by atoms with van der Waals surface area (Å²) in [6, 6.07) is 13.7. The molecule has 2 aromatic heterocycles. The molecule has 33 heavy (non-hydrogen) atoms. The fourth-order valence-corrected chi connectivity index (χ4v) is 5.22. The van der Waals surface area contributed by atoms with Crippen LogP contribution in [0.5, 0.6) is 11.5 Å². The van der Waals surface area contributed by atoms with Gasteiger partial charge in [-0.3, -0.25) is 9.55 Å². The predicted molar refractivity (Wildman–Crippen MR) is 130 cm³/mol.